The van der Waals surface area contributed by atoms with Gasteiger partial charge in [-0.15, -0.1) is 0 Å². The van der Waals surface area contributed by atoms with Crippen molar-refractivity contribution in [2.45, 2.75) is 13.0 Å². The Morgan fingerprint density at radius 1 is 1.45 bits per heavy atom. The van der Waals surface area contributed by atoms with Crippen LogP contribution in [-0.2, 0) is 4.79 Å². The standard InChI is InChI=1S/C14H16N2O4/c1-10-7-14(16-20-10)19-9-13(18)15-8-12(17)11-5-3-2-4-6-11/h2-7,12,17H,8-9H2,1H3,(H,15,18). The van der Waals surface area contributed by atoms with Crippen LogP contribution in [0.2, 0.25) is 0 Å². The Bertz CT molecular complexity index is 553. The molecule has 20 heavy (non-hydrogen) atoms. The molecule has 0 aliphatic heterocycles. The fourth-order valence-electron chi connectivity index (χ4n) is 1.61. The minimum Gasteiger partial charge on any atom is -0.465 e. The van der Waals surface area contributed by atoms with E-state index in [1.165, 1.54) is 0 Å². The van der Waals surface area contributed by atoms with Crippen molar-refractivity contribution in [2.75, 3.05) is 13.2 Å². The molecular weight excluding hydrogens is 260 g/mol. The van der Waals surface area contributed by atoms with E-state index in [9.17, 15) is 9.90 Å². The number of carbonyl (C=O) groups excluding carboxylic acids is 1. The average molecular weight is 276 g/mol. The summed E-state index contributed by atoms with van der Waals surface area (Å²) in [5, 5.41) is 16.1. The van der Waals surface area contributed by atoms with Gasteiger partial charge in [0.2, 0.25) is 0 Å². The first kappa shape index (κ1) is 14.1. The van der Waals surface area contributed by atoms with E-state index in [0.717, 1.165) is 5.56 Å². The Morgan fingerprint density at radius 2 is 2.20 bits per heavy atom. The number of hydrogen-bond donors (Lipinski definition) is 2. The lowest BCUT2D eigenvalue weighted by atomic mass is 10.1. The fraction of sp³-hybridized carbons (Fsp3) is 0.286. The summed E-state index contributed by atoms with van der Waals surface area (Å²) in [4.78, 5) is 11.6. The minimum absolute atomic E-state index is 0.129. The van der Waals surface area contributed by atoms with Gasteiger partial charge in [-0.05, 0) is 17.6 Å². The van der Waals surface area contributed by atoms with E-state index >= 15 is 0 Å². The van der Waals surface area contributed by atoms with E-state index in [-0.39, 0.29) is 24.9 Å². The molecule has 1 heterocycles. The molecule has 1 amide bonds. The molecule has 106 valence electrons. The molecule has 1 aromatic carbocycles. The van der Waals surface area contributed by atoms with Gasteiger partial charge in [-0.25, -0.2) is 0 Å². The van der Waals surface area contributed by atoms with Gasteiger partial charge in [0.15, 0.2) is 6.61 Å². The highest BCUT2D eigenvalue weighted by atomic mass is 16.5. The number of aliphatic hydroxyl groups is 1. The van der Waals surface area contributed by atoms with E-state index < -0.39 is 6.10 Å². The summed E-state index contributed by atoms with van der Waals surface area (Å²) in [6.45, 7) is 1.69. The molecule has 0 radical (unpaired) electrons. The van der Waals surface area contributed by atoms with Crippen molar-refractivity contribution in [2.24, 2.45) is 0 Å². The van der Waals surface area contributed by atoms with Gasteiger partial charge in [-0.3, -0.25) is 4.79 Å². The number of aromatic nitrogens is 1. The van der Waals surface area contributed by atoms with Gasteiger partial charge in [-0.2, -0.15) is 0 Å². The number of rotatable bonds is 6. The highest BCUT2D eigenvalue weighted by molar-refractivity contribution is 5.77. The number of ether oxygens (including phenoxy) is 1. The van der Waals surface area contributed by atoms with Gasteiger partial charge in [0.1, 0.15) is 5.76 Å². The zero-order valence-electron chi connectivity index (χ0n) is 11.1. The van der Waals surface area contributed by atoms with Crippen LogP contribution < -0.4 is 10.1 Å². The predicted molar refractivity (Wildman–Crippen MR) is 71.1 cm³/mol. The Morgan fingerprint density at radius 3 is 2.85 bits per heavy atom. The van der Waals surface area contributed by atoms with Crippen molar-refractivity contribution in [1.29, 1.82) is 0 Å². The number of amides is 1. The summed E-state index contributed by atoms with van der Waals surface area (Å²) in [7, 11) is 0. The minimum atomic E-state index is -0.741. The summed E-state index contributed by atoms with van der Waals surface area (Å²) >= 11 is 0. The number of aliphatic hydroxyl groups excluding tert-OH is 1. The molecule has 1 atom stereocenters. The molecule has 0 saturated carbocycles. The third kappa shape index (κ3) is 4.10. The van der Waals surface area contributed by atoms with Gasteiger partial charge in [0, 0.05) is 12.6 Å². The summed E-state index contributed by atoms with van der Waals surface area (Å²) in [6, 6.07) is 10.7. The van der Waals surface area contributed by atoms with Gasteiger partial charge in [-0.1, -0.05) is 30.3 Å². The highest BCUT2D eigenvalue weighted by Gasteiger charge is 2.10. The lowest BCUT2D eigenvalue weighted by Crippen LogP contribution is -2.32. The number of hydrogen-bond acceptors (Lipinski definition) is 5. The maximum Gasteiger partial charge on any atom is 0.258 e. The molecule has 2 rings (SSSR count). The van der Waals surface area contributed by atoms with Gasteiger partial charge >= 0.3 is 0 Å². The van der Waals surface area contributed by atoms with E-state index in [2.05, 4.69) is 10.5 Å². The molecule has 6 nitrogen and oxygen atoms in total. The van der Waals surface area contributed by atoms with Crippen molar-refractivity contribution in [3.05, 3.63) is 47.7 Å². The molecule has 1 aromatic heterocycles. The number of carbonyl (C=O) groups is 1. The number of nitrogens with one attached hydrogen (secondary N) is 1. The van der Waals surface area contributed by atoms with E-state index in [1.807, 2.05) is 18.2 Å². The SMILES string of the molecule is Cc1cc(OCC(=O)NCC(O)c2ccccc2)no1. The summed E-state index contributed by atoms with van der Waals surface area (Å²) in [5.74, 6) is 0.543. The Labute approximate surface area is 116 Å². The normalized spacial score (nSPS) is 11.9. The number of benzene rings is 1. The Balaban J connectivity index is 1.72. The summed E-state index contributed by atoms with van der Waals surface area (Å²) in [6.07, 6.45) is -0.741. The third-order valence-electron chi connectivity index (χ3n) is 2.63. The second-order valence-electron chi connectivity index (χ2n) is 4.30. The van der Waals surface area contributed by atoms with Crippen LogP contribution in [0.1, 0.15) is 17.4 Å². The average Bonchev–Trinajstić information content (AvgIpc) is 2.89. The van der Waals surface area contributed by atoms with Crippen LogP contribution >= 0.6 is 0 Å². The summed E-state index contributed by atoms with van der Waals surface area (Å²) < 4.78 is 9.93. The topological polar surface area (TPSA) is 84.6 Å². The van der Waals surface area contributed by atoms with Crippen LogP contribution in [0.25, 0.3) is 0 Å². The van der Waals surface area contributed by atoms with Gasteiger partial charge in [0.25, 0.3) is 11.8 Å². The highest BCUT2D eigenvalue weighted by Crippen LogP contribution is 2.11. The van der Waals surface area contributed by atoms with Crippen LogP contribution in [0.3, 0.4) is 0 Å². The van der Waals surface area contributed by atoms with E-state index in [0.29, 0.717) is 5.76 Å². The molecule has 0 aliphatic rings. The van der Waals surface area contributed by atoms with E-state index in [4.69, 9.17) is 9.26 Å². The summed E-state index contributed by atoms with van der Waals surface area (Å²) in [5.41, 5.74) is 0.751. The largest absolute Gasteiger partial charge is 0.465 e. The molecule has 6 heteroatoms. The quantitative estimate of drug-likeness (QED) is 0.828. The van der Waals surface area contributed by atoms with Gasteiger partial charge < -0.3 is 19.7 Å². The monoisotopic (exact) mass is 276 g/mol. The lowest BCUT2D eigenvalue weighted by Gasteiger charge is -2.12. The molecule has 0 spiro atoms. The maximum absolute atomic E-state index is 11.6. The first-order valence-electron chi connectivity index (χ1n) is 6.21. The molecule has 0 fully saturated rings. The van der Waals surface area contributed by atoms with Crippen molar-refractivity contribution in [3.63, 3.8) is 0 Å². The molecular formula is C14H16N2O4. The molecule has 0 aliphatic carbocycles. The van der Waals surface area contributed by atoms with Crippen molar-refractivity contribution < 1.29 is 19.2 Å². The maximum atomic E-state index is 11.6. The first-order chi connectivity index (χ1) is 9.65. The van der Waals surface area contributed by atoms with Crippen LogP contribution in [0, 0.1) is 6.92 Å². The molecule has 2 aromatic rings. The predicted octanol–water partition coefficient (Wildman–Crippen LogP) is 1.21. The molecule has 2 N–H and O–H groups in total. The van der Waals surface area contributed by atoms with Crippen molar-refractivity contribution in [1.82, 2.24) is 10.5 Å². The zero-order chi connectivity index (χ0) is 14.4. The molecule has 0 bridgehead atoms. The molecule has 1 unspecified atom stereocenters. The van der Waals surface area contributed by atoms with Crippen molar-refractivity contribution >= 4 is 5.91 Å². The smallest absolute Gasteiger partial charge is 0.258 e. The van der Waals surface area contributed by atoms with Gasteiger partial charge in [0.05, 0.1) is 6.10 Å². The Hall–Kier alpha value is -2.34. The first-order valence-corrected chi connectivity index (χ1v) is 6.21. The fourth-order valence-corrected chi connectivity index (χ4v) is 1.61. The zero-order valence-corrected chi connectivity index (χ0v) is 11.1. The van der Waals surface area contributed by atoms with Crippen LogP contribution in [-0.4, -0.2) is 29.3 Å². The van der Waals surface area contributed by atoms with Crippen LogP contribution in [0.5, 0.6) is 5.88 Å². The van der Waals surface area contributed by atoms with Crippen LogP contribution in [0.4, 0.5) is 0 Å². The lowest BCUT2D eigenvalue weighted by molar-refractivity contribution is -0.123. The van der Waals surface area contributed by atoms with Crippen molar-refractivity contribution in [3.8, 4) is 5.88 Å². The number of aryl methyl sites for hydroxylation is 1. The van der Waals surface area contributed by atoms with Crippen LogP contribution in [0.15, 0.2) is 40.9 Å². The second kappa shape index (κ2) is 6.72. The van der Waals surface area contributed by atoms with E-state index in [1.54, 1.807) is 25.1 Å². The third-order valence-corrected chi connectivity index (χ3v) is 2.63. The molecule has 0 saturated heterocycles. The second-order valence-corrected chi connectivity index (χ2v) is 4.30. The number of nitrogens with zero attached hydrogens (tertiary/aromatic N) is 1. The Kier molecular flexibility index (Phi) is 4.73.